The number of benzene rings is 3. The average Bonchev–Trinajstić information content (AvgIpc) is 3.23. The predicted octanol–water partition coefficient (Wildman–Crippen LogP) is 4.63. The van der Waals surface area contributed by atoms with Crippen molar-refractivity contribution >= 4 is 29.2 Å². The number of carbonyl (C=O) groups is 3. The highest BCUT2D eigenvalue weighted by molar-refractivity contribution is 6.00. The number of hydrogen-bond donors (Lipinski definition) is 1. The molecule has 1 N–H and O–H groups in total. The first-order valence-corrected chi connectivity index (χ1v) is 11.1. The summed E-state index contributed by atoms with van der Waals surface area (Å²) in [5.41, 5.74) is 3.40. The Morgan fingerprint density at radius 2 is 1.59 bits per heavy atom. The lowest BCUT2D eigenvalue weighted by molar-refractivity contribution is -0.151. The maximum absolute atomic E-state index is 12.5. The number of aryl methyl sites for hydroxylation is 2. The SMILES string of the molecule is Cc1ccc(Oc2ccc(N3C[C@@H](C(=O)OCC(=O)Nc4ccccc4C)CC3=O)cc2)cc1. The fraction of sp³-hybridized carbons (Fsp3) is 0.222. The Morgan fingerprint density at radius 1 is 0.941 bits per heavy atom. The van der Waals surface area contributed by atoms with E-state index >= 15 is 0 Å². The summed E-state index contributed by atoms with van der Waals surface area (Å²) in [6, 6.07) is 22.2. The lowest BCUT2D eigenvalue weighted by Crippen LogP contribution is -2.28. The molecule has 0 unspecified atom stereocenters. The summed E-state index contributed by atoms with van der Waals surface area (Å²) in [6.07, 6.45) is 0.0415. The van der Waals surface area contributed by atoms with Crippen molar-refractivity contribution in [3.05, 3.63) is 83.9 Å². The summed E-state index contributed by atoms with van der Waals surface area (Å²) in [6.45, 7) is 3.69. The van der Waals surface area contributed by atoms with Crippen LogP contribution in [0, 0.1) is 19.8 Å². The van der Waals surface area contributed by atoms with Gasteiger partial charge in [-0.1, -0.05) is 35.9 Å². The minimum Gasteiger partial charge on any atom is -0.457 e. The van der Waals surface area contributed by atoms with Crippen LogP contribution in [0.2, 0.25) is 0 Å². The van der Waals surface area contributed by atoms with Gasteiger partial charge in [0.1, 0.15) is 11.5 Å². The van der Waals surface area contributed by atoms with Crippen molar-refractivity contribution in [2.45, 2.75) is 20.3 Å². The van der Waals surface area contributed by atoms with Crippen LogP contribution in [0.4, 0.5) is 11.4 Å². The first-order chi connectivity index (χ1) is 16.4. The van der Waals surface area contributed by atoms with Crippen LogP contribution >= 0.6 is 0 Å². The fourth-order valence-corrected chi connectivity index (χ4v) is 3.71. The zero-order chi connectivity index (χ0) is 24.1. The number of carbonyl (C=O) groups excluding carboxylic acids is 3. The Hall–Kier alpha value is -4.13. The highest BCUT2D eigenvalue weighted by Crippen LogP contribution is 2.29. The summed E-state index contributed by atoms with van der Waals surface area (Å²) < 4.78 is 11.0. The Labute approximate surface area is 198 Å². The molecule has 1 aliphatic heterocycles. The van der Waals surface area contributed by atoms with Gasteiger partial charge < -0.3 is 19.7 Å². The minimum absolute atomic E-state index is 0.0415. The molecule has 3 aromatic rings. The van der Waals surface area contributed by atoms with Crippen LogP contribution in [0.25, 0.3) is 0 Å². The number of ether oxygens (including phenoxy) is 2. The van der Waals surface area contributed by atoms with Gasteiger partial charge in [-0.05, 0) is 61.9 Å². The van der Waals surface area contributed by atoms with Crippen LogP contribution < -0.4 is 15.0 Å². The molecular weight excluding hydrogens is 432 g/mol. The number of para-hydroxylation sites is 1. The number of nitrogens with one attached hydrogen (secondary N) is 1. The van der Waals surface area contributed by atoms with Gasteiger partial charge in [0, 0.05) is 24.3 Å². The van der Waals surface area contributed by atoms with Gasteiger partial charge in [0.2, 0.25) is 5.91 Å². The van der Waals surface area contributed by atoms with Gasteiger partial charge in [0.25, 0.3) is 5.91 Å². The predicted molar refractivity (Wildman–Crippen MR) is 129 cm³/mol. The van der Waals surface area contributed by atoms with Crippen molar-refractivity contribution in [1.82, 2.24) is 0 Å². The van der Waals surface area contributed by atoms with Crippen LogP contribution in [-0.2, 0) is 19.1 Å². The second kappa shape index (κ2) is 10.2. The molecule has 0 saturated carbocycles. The maximum atomic E-state index is 12.5. The molecule has 0 aliphatic carbocycles. The molecule has 1 aliphatic rings. The summed E-state index contributed by atoms with van der Waals surface area (Å²) in [7, 11) is 0. The monoisotopic (exact) mass is 458 g/mol. The standard InChI is InChI=1S/C27H26N2O5/c1-18-7-11-22(12-8-18)34-23-13-9-21(10-14-23)29-16-20(15-26(29)31)27(32)33-17-25(30)28-24-6-4-3-5-19(24)2/h3-14,20H,15-17H2,1-2H3,(H,28,30)/t20-/m0/s1. The van der Waals surface area contributed by atoms with E-state index in [0.717, 1.165) is 16.9 Å². The van der Waals surface area contributed by atoms with Crippen LogP contribution in [0.3, 0.4) is 0 Å². The van der Waals surface area contributed by atoms with E-state index in [0.29, 0.717) is 17.1 Å². The van der Waals surface area contributed by atoms with Crippen LogP contribution in [0.1, 0.15) is 17.5 Å². The summed E-state index contributed by atoms with van der Waals surface area (Å²) in [4.78, 5) is 38.7. The third-order valence-electron chi connectivity index (χ3n) is 5.63. The molecular formula is C27H26N2O5. The largest absolute Gasteiger partial charge is 0.457 e. The van der Waals surface area contributed by atoms with E-state index in [1.807, 2.05) is 56.3 Å². The van der Waals surface area contributed by atoms with Gasteiger partial charge in [-0.3, -0.25) is 14.4 Å². The Kier molecular flexibility index (Phi) is 6.92. The molecule has 4 rings (SSSR count). The third kappa shape index (κ3) is 5.61. The fourth-order valence-electron chi connectivity index (χ4n) is 3.71. The zero-order valence-corrected chi connectivity index (χ0v) is 19.1. The molecule has 0 bridgehead atoms. The molecule has 1 fully saturated rings. The van der Waals surface area contributed by atoms with Gasteiger partial charge in [0.15, 0.2) is 6.61 Å². The molecule has 1 heterocycles. The van der Waals surface area contributed by atoms with E-state index in [-0.39, 0.29) is 18.9 Å². The lowest BCUT2D eigenvalue weighted by atomic mass is 10.1. The summed E-state index contributed by atoms with van der Waals surface area (Å²) in [5, 5.41) is 2.72. The lowest BCUT2D eigenvalue weighted by Gasteiger charge is -2.17. The number of anilines is 2. The minimum atomic E-state index is -0.623. The van der Waals surface area contributed by atoms with Crippen LogP contribution in [-0.4, -0.2) is 30.9 Å². The van der Waals surface area contributed by atoms with Crippen molar-refractivity contribution in [2.75, 3.05) is 23.4 Å². The average molecular weight is 459 g/mol. The molecule has 0 aromatic heterocycles. The van der Waals surface area contributed by atoms with Crippen molar-refractivity contribution in [2.24, 2.45) is 5.92 Å². The second-order valence-electron chi connectivity index (χ2n) is 8.29. The quantitative estimate of drug-likeness (QED) is 0.522. The maximum Gasteiger partial charge on any atom is 0.311 e. The van der Waals surface area contributed by atoms with Crippen LogP contribution in [0.5, 0.6) is 11.5 Å². The molecule has 2 amide bonds. The molecule has 174 valence electrons. The van der Waals surface area contributed by atoms with Crippen molar-refractivity contribution in [1.29, 1.82) is 0 Å². The molecule has 1 atom stereocenters. The Morgan fingerprint density at radius 3 is 2.26 bits per heavy atom. The van der Waals surface area contributed by atoms with E-state index in [2.05, 4.69) is 5.32 Å². The molecule has 7 nitrogen and oxygen atoms in total. The Bertz CT molecular complexity index is 1190. The molecule has 1 saturated heterocycles. The second-order valence-corrected chi connectivity index (χ2v) is 8.29. The Balaban J connectivity index is 1.29. The van der Waals surface area contributed by atoms with Gasteiger partial charge >= 0.3 is 5.97 Å². The molecule has 7 heteroatoms. The summed E-state index contributed by atoms with van der Waals surface area (Å²) in [5.74, 6) is -0.399. The normalized spacial score (nSPS) is 15.2. The smallest absolute Gasteiger partial charge is 0.311 e. The van der Waals surface area contributed by atoms with Crippen molar-refractivity contribution < 1.29 is 23.9 Å². The van der Waals surface area contributed by atoms with E-state index in [1.165, 1.54) is 0 Å². The highest BCUT2D eigenvalue weighted by atomic mass is 16.5. The number of hydrogen-bond acceptors (Lipinski definition) is 5. The molecule has 34 heavy (non-hydrogen) atoms. The number of esters is 1. The molecule has 3 aromatic carbocycles. The number of amides is 2. The van der Waals surface area contributed by atoms with Crippen LogP contribution in [0.15, 0.2) is 72.8 Å². The number of rotatable bonds is 7. The van der Waals surface area contributed by atoms with Gasteiger partial charge in [-0.15, -0.1) is 0 Å². The van der Waals surface area contributed by atoms with Crippen molar-refractivity contribution in [3.63, 3.8) is 0 Å². The first kappa shape index (κ1) is 23.0. The van der Waals surface area contributed by atoms with Gasteiger partial charge in [-0.2, -0.15) is 0 Å². The number of nitrogens with zero attached hydrogens (tertiary/aromatic N) is 1. The highest BCUT2D eigenvalue weighted by Gasteiger charge is 2.36. The molecule has 0 spiro atoms. The first-order valence-electron chi connectivity index (χ1n) is 11.1. The van der Waals surface area contributed by atoms with E-state index in [4.69, 9.17) is 9.47 Å². The van der Waals surface area contributed by atoms with Gasteiger partial charge in [0.05, 0.1) is 5.92 Å². The van der Waals surface area contributed by atoms with E-state index in [1.54, 1.807) is 35.2 Å². The topological polar surface area (TPSA) is 84.9 Å². The molecule has 0 radical (unpaired) electrons. The van der Waals surface area contributed by atoms with E-state index < -0.39 is 24.4 Å². The van der Waals surface area contributed by atoms with E-state index in [9.17, 15) is 14.4 Å². The van der Waals surface area contributed by atoms with Gasteiger partial charge in [-0.25, -0.2) is 0 Å². The zero-order valence-electron chi connectivity index (χ0n) is 19.1. The summed E-state index contributed by atoms with van der Waals surface area (Å²) >= 11 is 0. The third-order valence-corrected chi connectivity index (χ3v) is 5.63. The van der Waals surface area contributed by atoms with Crippen molar-refractivity contribution in [3.8, 4) is 11.5 Å².